The van der Waals surface area contributed by atoms with Crippen LogP contribution >= 0.6 is 23.8 Å². The number of nitrogens with one attached hydrogen (secondary N) is 1. The number of furan rings is 1. The highest BCUT2D eigenvalue weighted by atomic mass is 35.5. The molecule has 0 unspecified atom stereocenters. The molecule has 1 N–H and O–H groups in total. The maximum Gasteiger partial charge on any atom is 0.173 e. The van der Waals surface area contributed by atoms with Crippen LogP contribution in [0.1, 0.15) is 37.9 Å². The van der Waals surface area contributed by atoms with E-state index in [1.54, 1.807) is 6.26 Å². The lowest BCUT2D eigenvalue weighted by Gasteiger charge is -2.27. The van der Waals surface area contributed by atoms with Gasteiger partial charge in [0.05, 0.1) is 12.8 Å². The summed E-state index contributed by atoms with van der Waals surface area (Å²) in [5, 5.41) is 4.75. The minimum absolute atomic E-state index is 0.673. The predicted octanol–water partition coefficient (Wildman–Crippen LogP) is 5.40. The van der Waals surface area contributed by atoms with E-state index < -0.39 is 0 Å². The van der Waals surface area contributed by atoms with Crippen LogP contribution in [-0.2, 0) is 6.54 Å². The Balaban J connectivity index is 1.55. The van der Waals surface area contributed by atoms with Gasteiger partial charge in [0.25, 0.3) is 0 Å². The van der Waals surface area contributed by atoms with Gasteiger partial charge >= 0.3 is 0 Å². The fraction of sp³-hybridized carbons (Fsp3) is 0.476. The lowest BCUT2D eigenvalue weighted by Crippen LogP contribution is -2.37. The van der Waals surface area contributed by atoms with E-state index in [1.807, 2.05) is 36.4 Å². The normalized spacial score (nSPS) is 15.3. The molecule has 146 valence electrons. The third kappa shape index (κ3) is 6.83. The van der Waals surface area contributed by atoms with Crippen molar-refractivity contribution in [3.63, 3.8) is 0 Å². The maximum absolute atomic E-state index is 5.97. The number of nitrogens with zero attached hydrogens (tertiary/aromatic N) is 2. The van der Waals surface area contributed by atoms with Crippen LogP contribution in [0.3, 0.4) is 0 Å². The zero-order valence-electron chi connectivity index (χ0n) is 15.7. The lowest BCUT2D eigenvalue weighted by atomic mass is 10.2. The summed E-state index contributed by atoms with van der Waals surface area (Å²) < 4.78 is 5.54. The van der Waals surface area contributed by atoms with Crippen molar-refractivity contribution in [3.8, 4) is 0 Å². The first-order chi connectivity index (χ1) is 13.2. The molecule has 0 spiro atoms. The largest absolute Gasteiger partial charge is 0.467 e. The van der Waals surface area contributed by atoms with Crippen LogP contribution in [-0.4, -0.2) is 41.1 Å². The zero-order chi connectivity index (χ0) is 18.9. The smallest absolute Gasteiger partial charge is 0.173 e. The van der Waals surface area contributed by atoms with Gasteiger partial charge in [0.2, 0.25) is 0 Å². The average Bonchev–Trinajstić information content (AvgIpc) is 3.04. The number of benzene rings is 1. The average molecular weight is 406 g/mol. The van der Waals surface area contributed by atoms with Crippen LogP contribution in [0.25, 0.3) is 0 Å². The van der Waals surface area contributed by atoms with Crippen LogP contribution in [0.5, 0.6) is 0 Å². The molecule has 1 saturated heterocycles. The third-order valence-electron chi connectivity index (χ3n) is 4.91. The molecule has 4 nitrogen and oxygen atoms in total. The van der Waals surface area contributed by atoms with Gasteiger partial charge < -0.3 is 19.5 Å². The first-order valence-corrected chi connectivity index (χ1v) is 10.6. The Morgan fingerprint density at radius 1 is 1.11 bits per heavy atom. The number of hydrogen-bond acceptors (Lipinski definition) is 3. The van der Waals surface area contributed by atoms with Gasteiger partial charge in [-0.05, 0) is 87.5 Å². The van der Waals surface area contributed by atoms with Gasteiger partial charge in [0, 0.05) is 17.3 Å². The van der Waals surface area contributed by atoms with Gasteiger partial charge in [-0.3, -0.25) is 0 Å². The minimum Gasteiger partial charge on any atom is -0.467 e. The molecule has 0 aliphatic carbocycles. The Morgan fingerprint density at radius 3 is 2.52 bits per heavy atom. The number of likely N-dealkylation sites (tertiary alicyclic amines) is 1. The van der Waals surface area contributed by atoms with E-state index in [4.69, 9.17) is 28.2 Å². The summed E-state index contributed by atoms with van der Waals surface area (Å²) >= 11 is 11.7. The summed E-state index contributed by atoms with van der Waals surface area (Å²) in [6.07, 6.45) is 8.19. The first kappa shape index (κ1) is 20.2. The van der Waals surface area contributed by atoms with E-state index in [0.717, 1.165) is 36.0 Å². The number of thiocarbonyl (C=S) groups is 1. The molecule has 6 heteroatoms. The van der Waals surface area contributed by atoms with Gasteiger partial charge in [-0.1, -0.05) is 24.4 Å². The van der Waals surface area contributed by atoms with E-state index in [2.05, 4.69) is 15.1 Å². The fourth-order valence-corrected chi connectivity index (χ4v) is 3.82. The molecule has 1 fully saturated rings. The number of rotatable bonds is 7. The second-order valence-corrected chi connectivity index (χ2v) is 7.87. The van der Waals surface area contributed by atoms with Gasteiger partial charge in [-0.25, -0.2) is 0 Å². The van der Waals surface area contributed by atoms with Crippen molar-refractivity contribution in [3.05, 3.63) is 53.4 Å². The molecule has 0 saturated carbocycles. The Labute approximate surface area is 172 Å². The van der Waals surface area contributed by atoms with E-state index >= 15 is 0 Å². The summed E-state index contributed by atoms with van der Waals surface area (Å²) in [4.78, 5) is 4.77. The van der Waals surface area contributed by atoms with Crippen LogP contribution in [0.4, 0.5) is 5.69 Å². The zero-order valence-corrected chi connectivity index (χ0v) is 17.3. The van der Waals surface area contributed by atoms with Gasteiger partial charge in [0.15, 0.2) is 5.11 Å². The number of hydrogen-bond donors (Lipinski definition) is 1. The Bertz CT molecular complexity index is 682. The van der Waals surface area contributed by atoms with Gasteiger partial charge in [-0.15, -0.1) is 0 Å². The molecule has 3 rings (SSSR count). The topological polar surface area (TPSA) is 31.6 Å². The van der Waals surface area contributed by atoms with Crippen LogP contribution < -0.4 is 5.32 Å². The molecule has 27 heavy (non-hydrogen) atoms. The minimum atomic E-state index is 0.673. The van der Waals surface area contributed by atoms with Crippen LogP contribution in [0.15, 0.2) is 47.1 Å². The molecule has 2 aromatic rings. The standard InChI is InChI=1S/C21H28ClN3OS/c22-18-8-10-19(11-9-18)23-21(27)25(17-20-7-5-16-26-20)15-6-14-24-12-3-1-2-4-13-24/h5,7-11,16H,1-4,6,12-15,17H2,(H,23,27). The summed E-state index contributed by atoms with van der Waals surface area (Å²) in [5.74, 6) is 0.921. The molecule has 1 aromatic carbocycles. The summed E-state index contributed by atoms with van der Waals surface area (Å²) in [5.41, 5.74) is 0.946. The Hall–Kier alpha value is -1.56. The highest BCUT2D eigenvalue weighted by molar-refractivity contribution is 7.80. The molecule has 1 aromatic heterocycles. The van der Waals surface area contributed by atoms with Crippen molar-refractivity contribution in [2.24, 2.45) is 0 Å². The van der Waals surface area contributed by atoms with Crippen molar-refractivity contribution in [2.45, 2.75) is 38.6 Å². The molecular weight excluding hydrogens is 378 g/mol. The summed E-state index contributed by atoms with van der Waals surface area (Å²) in [6, 6.07) is 11.5. The monoisotopic (exact) mass is 405 g/mol. The molecule has 0 bridgehead atoms. The first-order valence-electron chi connectivity index (χ1n) is 9.77. The van der Waals surface area contributed by atoms with E-state index in [9.17, 15) is 0 Å². The third-order valence-corrected chi connectivity index (χ3v) is 5.52. The Kier molecular flexibility index (Phi) is 7.99. The predicted molar refractivity (Wildman–Crippen MR) is 116 cm³/mol. The molecule has 0 radical (unpaired) electrons. The molecule has 1 aliphatic rings. The summed E-state index contributed by atoms with van der Waals surface area (Å²) in [6.45, 7) is 5.15. The van der Waals surface area contributed by atoms with Crippen molar-refractivity contribution in [2.75, 3.05) is 31.5 Å². The molecule has 0 atom stereocenters. The van der Waals surface area contributed by atoms with Gasteiger partial charge in [-0.2, -0.15) is 0 Å². The van der Waals surface area contributed by atoms with Crippen molar-refractivity contribution < 1.29 is 4.42 Å². The van der Waals surface area contributed by atoms with Crippen LogP contribution in [0.2, 0.25) is 5.02 Å². The Morgan fingerprint density at radius 2 is 1.85 bits per heavy atom. The van der Waals surface area contributed by atoms with Crippen molar-refractivity contribution in [1.29, 1.82) is 0 Å². The van der Waals surface area contributed by atoms with Crippen molar-refractivity contribution >= 4 is 34.6 Å². The van der Waals surface area contributed by atoms with Crippen LogP contribution in [0, 0.1) is 0 Å². The highest BCUT2D eigenvalue weighted by Gasteiger charge is 2.14. The second-order valence-electron chi connectivity index (χ2n) is 7.05. The van der Waals surface area contributed by atoms with Gasteiger partial charge in [0.1, 0.15) is 5.76 Å². The quantitative estimate of drug-likeness (QED) is 0.623. The highest BCUT2D eigenvalue weighted by Crippen LogP contribution is 2.16. The molecular formula is C21H28ClN3OS. The second kappa shape index (κ2) is 10.7. The molecule has 0 amide bonds. The number of anilines is 1. The number of halogens is 1. The van der Waals surface area contributed by atoms with E-state index in [1.165, 1.54) is 38.8 Å². The lowest BCUT2D eigenvalue weighted by molar-refractivity contribution is 0.262. The van der Waals surface area contributed by atoms with Crippen molar-refractivity contribution in [1.82, 2.24) is 9.80 Å². The fourth-order valence-electron chi connectivity index (χ4n) is 3.42. The SMILES string of the molecule is S=C(Nc1ccc(Cl)cc1)N(CCCN1CCCCCC1)Cc1ccco1. The summed E-state index contributed by atoms with van der Waals surface area (Å²) in [7, 11) is 0. The van der Waals surface area contributed by atoms with E-state index in [0.29, 0.717) is 11.7 Å². The maximum atomic E-state index is 5.97. The van der Waals surface area contributed by atoms with E-state index in [-0.39, 0.29) is 0 Å². The molecule has 1 aliphatic heterocycles. The molecule has 2 heterocycles.